The van der Waals surface area contributed by atoms with Crippen LogP contribution in [-0.2, 0) is 9.59 Å². The molecule has 1 heterocycles. The summed E-state index contributed by atoms with van der Waals surface area (Å²) < 4.78 is 5.94. The zero-order chi connectivity index (χ0) is 22.2. The van der Waals surface area contributed by atoms with Crippen LogP contribution in [0.5, 0.6) is 5.75 Å². The quantitative estimate of drug-likeness (QED) is 0.634. The minimum absolute atomic E-state index is 0.162. The fraction of sp³-hybridized carbons (Fsp3) is 0.348. The number of carbonyl (C=O) groups excluding carboxylic acids is 3. The van der Waals surface area contributed by atoms with Gasteiger partial charge in [0.2, 0.25) is 0 Å². The Kier molecular flexibility index (Phi) is 7.48. The van der Waals surface area contributed by atoms with E-state index in [1.54, 1.807) is 13.0 Å². The molecule has 164 valence electrons. The van der Waals surface area contributed by atoms with Gasteiger partial charge in [-0.15, -0.1) is 0 Å². The maximum atomic E-state index is 13.2. The van der Waals surface area contributed by atoms with E-state index in [0.29, 0.717) is 30.1 Å². The zero-order valence-electron chi connectivity index (χ0n) is 17.8. The number of fused-ring (bicyclic) bond motifs is 1. The van der Waals surface area contributed by atoms with Crippen LogP contribution in [0, 0.1) is 0 Å². The number of imide groups is 1. The maximum Gasteiger partial charge on any atom is 0.321 e. The van der Waals surface area contributed by atoms with E-state index in [2.05, 4.69) is 16.0 Å². The molecule has 2 aromatic carbocycles. The van der Waals surface area contributed by atoms with Crippen molar-refractivity contribution in [2.75, 3.05) is 24.5 Å². The second kappa shape index (κ2) is 10.5. The number of ether oxygens (including phenoxy) is 1. The number of nitrogens with zero attached hydrogens (tertiary/aromatic N) is 1. The molecule has 2 atom stereocenters. The highest BCUT2D eigenvalue weighted by Crippen LogP contribution is 2.38. The van der Waals surface area contributed by atoms with Crippen LogP contribution in [0.3, 0.4) is 0 Å². The third kappa shape index (κ3) is 5.33. The van der Waals surface area contributed by atoms with Crippen molar-refractivity contribution in [1.82, 2.24) is 16.0 Å². The number of benzene rings is 2. The van der Waals surface area contributed by atoms with Gasteiger partial charge in [0, 0.05) is 13.1 Å². The van der Waals surface area contributed by atoms with Gasteiger partial charge >= 0.3 is 6.03 Å². The average molecular weight is 425 g/mol. The Morgan fingerprint density at radius 2 is 1.74 bits per heavy atom. The van der Waals surface area contributed by atoms with Crippen LogP contribution >= 0.6 is 0 Å². The molecule has 31 heavy (non-hydrogen) atoms. The molecule has 8 heteroatoms. The number of urea groups is 1. The molecular weight excluding hydrogens is 396 g/mol. The summed E-state index contributed by atoms with van der Waals surface area (Å²) in [7, 11) is 0. The van der Waals surface area contributed by atoms with Crippen molar-refractivity contribution in [2.45, 2.75) is 32.4 Å². The molecule has 0 radical (unpaired) electrons. The number of amides is 4. The van der Waals surface area contributed by atoms with Gasteiger partial charge in [-0.25, -0.2) is 4.79 Å². The highest BCUT2D eigenvalue weighted by Gasteiger charge is 2.38. The minimum atomic E-state index is -0.824. The molecule has 0 bridgehead atoms. The molecule has 0 aromatic heterocycles. The summed E-state index contributed by atoms with van der Waals surface area (Å²) in [5.74, 6) is -0.212. The normalized spacial score (nSPS) is 15.8. The van der Waals surface area contributed by atoms with Gasteiger partial charge in [0.25, 0.3) is 11.8 Å². The number of anilines is 1. The average Bonchev–Trinajstić information content (AvgIpc) is 2.78. The lowest BCUT2D eigenvalue weighted by atomic mass is 10.0. The van der Waals surface area contributed by atoms with Crippen LogP contribution in [-0.4, -0.2) is 43.6 Å². The number of para-hydroxylation sites is 2. The van der Waals surface area contributed by atoms with Gasteiger partial charge in [0.1, 0.15) is 11.8 Å². The summed E-state index contributed by atoms with van der Waals surface area (Å²) in [5.41, 5.74) is 1.38. The Balaban J connectivity index is 1.98. The van der Waals surface area contributed by atoms with Crippen molar-refractivity contribution in [2.24, 2.45) is 0 Å². The summed E-state index contributed by atoms with van der Waals surface area (Å²) >= 11 is 0. The lowest BCUT2D eigenvalue weighted by Crippen LogP contribution is -2.53. The molecule has 2 aromatic rings. The van der Waals surface area contributed by atoms with E-state index in [9.17, 15) is 14.4 Å². The summed E-state index contributed by atoms with van der Waals surface area (Å²) in [6, 6.07) is 15.1. The molecule has 0 unspecified atom stereocenters. The van der Waals surface area contributed by atoms with E-state index < -0.39 is 24.1 Å². The third-order valence-electron chi connectivity index (χ3n) is 4.90. The van der Waals surface area contributed by atoms with Gasteiger partial charge in [0.15, 0.2) is 6.10 Å². The van der Waals surface area contributed by atoms with Crippen molar-refractivity contribution >= 4 is 23.5 Å². The van der Waals surface area contributed by atoms with Gasteiger partial charge in [-0.05, 0) is 31.0 Å². The second-order valence-electron chi connectivity index (χ2n) is 7.18. The number of nitrogens with one attached hydrogen (secondary N) is 3. The summed E-state index contributed by atoms with van der Waals surface area (Å²) in [5, 5.41) is 7.85. The standard InChI is InChI=1S/C23H28N4O4/c1-3-14-25-21(28)19-15-27(17-12-8-9-13-18(17)31-19)20(16-10-6-5-7-11-16)22(29)26-23(30)24-4-2/h5-13,19-20H,3-4,14-15H2,1-2H3,(H,25,28)(H2,24,26,29,30)/t19-,20-/m0/s1. The Labute approximate surface area is 182 Å². The van der Waals surface area contributed by atoms with Gasteiger partial charge < -0.3 is 20.3 Å². The first kappa shape index (κ1) is 22.1. The molecule has 3 N–H and O–H groups in total. The predicted octanol–water partition coefficient (Wildman–Crippen LogP) is 2.37. The molecule has 1 aliphatic rings. The van der Waals surface area contributed by atoms with Crippen LogP contribution in [0.2, 0.25) is 0 Å². The molecule has 1 aliphatic heterocycles. The molecular formula is C23H28N4O4. The first-order chi connectivity index (χ1) is 15.0. The van der Waals surface area contributed by atoms with E-state index in [1.807, 2.05) is 60.4 Å². The van der Waals surface area contributed by atoms with Gasteiger partial charge in [0.05, 0.1) is 12.2 Å². The molecule has 0 aliphatic carbocycles. The van der Waals surface area contributed by atoms with Crippen molar-refractivity contribution in [3.63, 3.8) is 0 Å². The molecule has 0 saturated heterocycles. The Hall–Kier alpha value is -3.55. The van der Waals surface area contributed by atoms with E-state index in [4.69, 9.17) is 4.74 Å². The van der Waals surface area contributed by atoms with Crippen LogP contribution < -0.4 is 25.6 Å². The van der Waals surface area contributed by atoms with Crippen LogP contribution in [0.1, 0.15) is 31.9 Å². The van der Waals surface area contributed by atoms with Crippen LogP contribution in [0.25, 0.3) is 0 Å². The maximum absolute atomic E-state index is 13.2. The third-order valence-corrected chi connectivity index (χ3v) is 4.90. The summed E-state index contributed by atoms with van der Waals surface area (Å²) in [6.07, 6.45) is 0.0188. The van der Waals surface area contributed by atoms with Gasteiger partial charge in [-0.1, -0.05) is 49.4 Å². The van der Waals surface area contributed by atoms with E-state index in [0.717, 1.165) is 6.42 Å². The summed E-state index contributed by atoms with van der Waals surface area (Å²) in [6.45, 7) is 4.85. The number of hydrogen-bond acceptors (Lipinski definition) is 5. The fourth-order valence-corrected chi connectivity index (χ4v) is 3.50. The Morgan fingerprint density at radius 3 is 2.45 bits per heavy atom. The lowest BCUT2D eigenvalue weighted by Gasteiger charge is -2.39. The highest BCUT2D eigenvalue weighted by molar-refractivity contribution is 5.99. The van der Waals surface area contributed by atoms with Crippen molar-refractivity contribution in [3.8, 4) is 5.75 Å². The fourth-order valence-electron chi connectivity index (χ4n) is 3.50. The first-order valence-electron chi connectivity index (χ1n) is 10.5. The van der Waals surface area contributed by atoms with Gasteiger partial charge in [-0.2, -0.15) is 0 Å². The largest absolute Gasteiger partial charge is 0.477 e. The van der Waals surface area contributed by atoms with Crippen molar-refractivity contribution in [3.05, 3.63) is 60.2 Å². The van der Waals surface area contributed by atoms with Crippen molar-refractivity contribution in [1.29, 1.82) is 0 Å². The van der Waals surface area contributed by atoms with E-state index >= 15 is 0 Å². The van der Waals surface area contributed by atoms with Crippen LogP contribution in [0.15, 0.2) is 54.6 Å². The SMILES string of the molecule is CCCNC(=O)[C@@H]1CN([C@H](C(=O)NC(=O)NCC)c2ccccc2)c2ccccc2O1. The number of rotatable bonds is 7. The molecule has 0 saturated carbocycles. The molecule has 3 rings (SSSR count). The number of hydrogen-bond donors (Lipinski definition) is 3. The summed E-state index contributed by atoms with van der Waals surface area (Å²) in [4.78, 5) is 39.8. The van der Waals surface area contributed by atoms with Crippen molar-refractivity contribution < 1.29 is 19.1 Å². The minimum Gasteiger partial charge on any atom is -0.477 e. The molecule has 0 spiro atoms. The van der Waals surface area contributed by atoms with Crippen LogP contribution in [0.4, 0.5) is 10.5 Å². The lowest BCUT2D eigenvalue weighted by molar-refractivity contribution is -0.128. The molecule has 0 fully saturated rings. The van der Waals surface area contributed by atoms with Gasteiger partial charge in [-0.3, -0.25) is 14.9 Å². The number of carbonyl (C=O) groups is 3. The second-order valence-corrected chi connectivity index (χ2v) is 7.18. The smallest absolute Gasteiger partial charge is 0.321 e. The first-order valence-corrected chi connectivity index (χ1v) is 10.5. The topological polar surface area (TPSA) is 99.8 Å². The predicted molar refractivity (Wildman–Crippen MR) is 118 cm³/mol. The monoisotopic (exact) mass is 424 g/mol. The zero-order valence-corrected chi connectivity index (χ0v) is 17.8. The van der Waals surface area contributed by atoms with E-state index in [-0.39, 0.29) is 12.5 Å². The molecule has 8 nitrogen and oxygen atoms in total. The highest BCUT2D eigenvalue weighted by atomic mass is 16.5. The Bertz CT molecular complexity index is 919. The Morgan fingerprint density at radius 1 is 1.03 bits per heavy atom. The van der Waals surface area contributed by atoms with E-state index in [1.165, 1.54) is 0 Å². The molecule has 4 amide bonds.